The summed E-state index contributed by atoms with van der Waals surface area (Å²) >= 11 is 0. The number of nitrogens with one attached hydrogen (secondary N) is 1. The van der Waals surface area contributed by atoms with E-state index in [1.807, 2.05) is 30.3 Å². The molecule has 0 aromatic heterocycles. The van der Waals surface area contributed by atoms with Crippen molar-refractivity contribution in [3.63, 3.8) is 0 Å². The molecule has 1 aliphatic heterocycles. The lowest BCUT2D eigenvalue weighted by Crippen LogP contribution is -2.49. The largest absolute Gasteiger partial charge is 0.486 e. The van der Waals surface area contributed by atoms with E-state index in [9.17, 15) is 22.4 Å². The predicted octanol–water partition coefficient (Wildman–Crippen LogP) is 3.53. The minimum atomic E-state index is -3.68. The topological polar surface area (TPSA) is 105 Å². The Kier molecular flexibility index (Phi) is 9.82. The van der Waals surface area contributed by atoms with Crippen LogP contribution in [0.4, 0.5) is 10.1 Å². The van der Waals surface area contributed by atoms with Gasteiger partial charge in [-0.3, -0.25) is 13.9 Å². The van der Waals surface area contributed by atoms with Gasteiger partial charge >= 0.3 is 0 Å². The Morgan fingerprint density at radius 2 is 1.63 bits per heavy atom. The maximum absolute atomic E-state index is 13.7. The van der Waals surface area contributed by atoms with Crippen LogP contribution in [0.2, 0.25) is 0 Å². The van der Waals surface area contributed by atoms with Crippen molar-refractivity contribution in [2.45, 2.75) is 31.8 Å². The number of anilines is 1. The number of hydrogen-bond acceptors (Lipinski definition) is 6. The van der Waals surface area contributed by atoms with E-state index in [4.69, 9.17) is 9.47 Å². The van der Waals surface area contributed by atoms with Gasteiger partial charge in [-0.25, -0.2) is 12.8 Å². The first kappa shape index (κ1) is 29.9. The van der Waals surface area contributed by atoms with Crippen LogP contribution in [0.1, 0.15) is 24.0 Å². The molecule has 218 valence electrons. The zero-order valence-electron chi connectivity index (χ0n) is 23.1. The summed E-state index contributed by atoms with van der Waals surface area (Å²) in [6.45, 7) is 0.906. The molecule has 1 N–H and O–H groups in total. The van der Waals surface area contributed by atoms with Crippen LogP contribution in [0, 0.1) is 5.82 Å². The van der Waals surface area contributed by atoms with Gasteiger partial charge in [0.1, 0.15) is 25.1 Å². The Labute approximate surface area is 239 Å². The lowest BCUT2D eigenvalue weighted by atomic mass is 10.0. The van der Waals surface area contributed by atoms with Crippen molar-refractivity contribution in [2.24, 2.45) is 0 Å². The van der Waals surface area contributed by atoms with Crippen molar-refractivity contribution < 1.29 is 31.9 Å². The highest BCUT2D eigenvalue weighted by Crippen LogP contribution is 2.34. The van der Waals surface area contributed by atoms with Gasteiger partial charge in [-0.1, -0.05) is 42.5 Å². The fourth-order valence-corrected chi connectivity index (χ4v) is 5.66. The summed E-state index contributed by atoms with van der Waals surface area (Å²) in [5, 5.41) is 2.65. The highest BCUT2D eigenvalue weighted by atomic mass is 32.2. The zero-order chi connectivity index (χ0) is 29.4. The van der Waals surface area contributed by atoms with Crippen LogP contribution in [0.3, 0.4) is 0 Å². The van der Waals surface area contributed by atoms with Crippen molar-refractivity contribution in [1.29, 1.82) is 0 Å². The molecule has 41 heavy (non-hydrogen) atoms. The van der Waals surface area contributed by atoms with Gasteiger partial charge in [0.15, 0.2) is 11.5 Å². The lowest BCUT2D eigenvalue weighted by Gasteiger charge is -2.31. The van der Waals surface area contributed by atoms with Crippen LogP contribution >= 0.6 is 0 Å². The van der Waals surface area contributed by atoms with Gasteiger partial charge in [-0.05, 0) is 41.8 Å². The summed E-state index contributed by atoms with van der Waals surface area (Å²) in [5.41, 5.74) is 1.94. The van der Waals surface area contributed by atoms with E-state index in [2.05, 4.69) is 5.32 Å². The summed E-state index contributed by atoms with van der Waals surface area (Å²) in [6, 6.07) is 19.2. The molecule has 1 atom stereocenters. The predicted molar refractivity (Wildman–Crippen MR) is 154 cm³/mol. The molecule has 9 nitrogen and oxygen atoms in total. The van der Waals surface area contributed by atoms with E-state index in [-0.39, 0.29) is 44.2 Å². The van der Waals surface area contributed by atoms with Gasteiger partial charge in [0, 0.05) is 39.0 Å². The molecule has 0 saturated heterocycles. The molecule has 0 aliphatic carbocycles. The maximum Gasteiger partial charge on any atom is 0.242 e. The Morgan fingerprint density at radius 1 is 0.951 bits per heavy atom. The number of halogens is 1. The van der Waals surface area contributed by atoms with E-state index in [0.717, 1.165) is 11.8 Å². The Morgan fingerprint density at radius 3 is 2.29 bits per heavy atom. The number of benzene rings is 3. The third-order valence-corrected chi connectivity index (χ3v) is 7.94. The monoisotopic (exact) mass is 583 g/mol. The van der Waals surface area contributed by atoms with Gasteiger partial charge in [0.25, 0.3) is 0 Å². The molecule has 4 rings (SSSR count). The normalized spacial score (nSPS) is 13.2. The number of sulfonamides is 1. The summed E-state index contributed by atoms with van der Waals surface area (Å²) in [6.07, 6.45) is 1.57. The second-order valence-electron chi connectivity index (χ2n) is 9.73. The fraction of sp³-hybridized carbons (Fsp3) is 0.333. The molecule has 1 heterocycles. The number of rotatable bonds is 12. The van der Waals surface area contributed by atoms with Crippen molar-refractivity contribution in [1.82, 2.24) is 10.2 Å². The lowest BCUT2D eigenvalue weighted by molar-refractivity contribution is -0.141. The minimum absolute atomic E-state index is 0.0138. The van der Waals surface area contributed by atoms with Crippen LogP contribution in [0.5, 0.6) is 11.5 Å². The molecule has 0 fully saturated rings. The van der Waals surface area contributed by atoms with Crippen molar-refractivity contribution in [2.75, 3.05) is 37.4 Å². The number of ether oxygens (including phenoxy) is 2. The van der Waals surface area contributed by atoms with Gasteiger partial charge < -0.3 is 19.7 Å². The van der Waals surface area contributed by atoms with Crippen molar-refractivity contribution >= 4 is 27.5 Å². The fourth-order valence-electron chi connectivity index (χ4n) is 4.70. The van der Waals surface area contributed by atoms with E-state index >= 15 is 0 Å². The summed E-state index contributed by atoms with van der Waals surface area (Å²) in [7, 11) is -2.17. The molecular formula is C30H34FN3O6S. The smallest absolute Gasteiger partial charge is 0.242 e. The second-order valence-corrected chi connectivity index (χ2v) is 11.6. The van der Waals surface area contributed by atoms with Crippen molar-refractivity contribution in [3.05, 3.63) is 89.7 Å². The first-order chi connectivity index (χ1) is 19.7. The van der Waals surface area contributed by atoms with E-state index in [1.165, 1.54) is 28.4 Å². The molecule has 11 heteroatoms. The third-order valence-electron chi connectivity index (χ3n) is 6.75. The molecule has 3 aromatic carbocycles. The highest BCUT2D eigenvalue weighted by molar-refractivity contribution is 7.92. The first-order valence-electron chi connectivity index (χ1n) is 13.3. The summed E-state index contributed by atoms with van der Waals surface area (Å²) in [5.74, 6) is -0.0661. The van der Waals surface area contributed by atoms with Crippen LogP contribution in [-0.2, 0) is 32.6 Å². The Hall–Kier alpha value is -4.12. The SMILES string of the molecule is CNC(=O)C(Cc1ccccc1)N(Cc1ccc(F)cc1)C(=O)CCCN(c1ccc2c(c1)OCCO2)S(C)(=O)=O. The van der Waals surface area contributed by atoms with Gasteiger partial charge in [0.2, 0.25) is 21.8 Å². The number of carbonyl (C=O) groups is 2. The Balaban J connectivity index is 1.54. The molecule has 1 unspecified atom stereocenters. The number of nitrogens with zero attached hydrogens (tertiary/aromatic N) is 2. The highest BCUT2D eigenvalue weighted by Gasteiger charge is 2.30. The number of likely N-dealkylation sites (N-methyl/N-ethyl adjacent to an activating group) is 1. The van der Waals surface area contributed by atoms with Crippen LogP contribution in [-0.4, -0.2) is 64.2 Å². The molecule has 0 saturated carbocycles. The molecule has 3 aromatic rings. The average Bonchev–Trinajstić information content (AvgIpc) is 2.97. The minimum Gasteiger partial charge on any atom is -0.486 e. The molecule has 0 bridgehead atoms. The number of hydrogen-bond donors (Lipinski definition) is 1. The molecule has 1 aliphatic rings. The molecule has 0 radical (unpaired) electrons. The standard InChI is InChI=1S/C30H34FN3O6S/c1-32-30(36)26(19-22-7-4-3-5-8-22)33(21-23-10-12-24(31)13-11-23)29(35)9-6-16-34(41(2,37)38)25-14-15-27-28(20-25)40-18-17-39-27/h3-5,7-8,10-15,20,26H,6,9,16-19,21H2,1-2H3,(H,32,36). The van der Waals surface area contributed by atoms with Crippen molar-refractivity contribution in [3.8, 4) is 11.5 Å². The molecular weight excluding hydrogens is 549 g/mol. The third kappa shape index (κ3) is 7.97. The average molecular weight is 584 g/mol. The van der Waals surface area contributed by atoms with Crippen LogP contribution in [0.25, 0.3) is 0 Å². The number of amides is 2. The van der Waals surface area contributed by atoms with E-state index < -0.39 is 21.9 Å². The second kappa shape index (κ2) is 13.5. The van der Waals surface area contributed by atoms with Gasteiger partial charge in [-0.15, -0.1) is 0 Å². The molecule has 0 spiro atoms. The van der Waals surface area contributed by atoms with E-state index in [1.54, 1.807) is 30.3 Å². The van der Waals surface area contributed by atoms with Crippen LogP contribution < -0.4 is 19.1 Å². The zero-order valence-corrected chi connectivity index (χ0v) is 23.9. The maximum atomic E-state index is 13.7. The quantitative estimate of drug-likeness (QED) is 0.350. The first-order valence-corrected chi connectivity index (χ1v) is 15.2. The summed E-state index contributed by atoms with van der Waals surface area (Å²) < 4.78 is 51.3. The summed E-state index contributed by atoms with van der Waals surface area (Å²) in [4.78, 5) is 28.2. The van der Waals surface area contributed by atoms with Crippen LogP contribution in [0.15, 0.2) is 72.8 Å². The Bertz CT molecular complexity index is 1450. The van der Waals surface area contributed by atoms with Gasteiger partial charge in [-0.2, -0.15) is 0 Å². The molecule has 2 amide bonds. The van der Waals surface area contributed by atoms with Gasteiger partial charge in [0.05, 0.1) is 11.9 Å². The number of fused-ring (bicyclic) bond motifs is 1. The number of carbonyl (C=O) groups excluding carboxylic acids is 2. The van der Waals surface area contributed by atoms with E-state index in [0.29, 0.717) is 36.0 Å².